The molecule has 0 radical (unpaired) electrons. The second kappa shape index (κ2) is 4.10. The van der Waals surface area contributed by atoms with E-state index in [0.29, 0.717) is 0 Å². The smallest absolute Gasteiger partial charge is 0.304 e. The van der Waals surface area contributed by atoms with Crippen molar-refractivity contribution < 1.29 is 18.3 Å². The Hall–Kier alpha value is -0.880. The lowest BCUT2D eigenvalue weighted by atomic mass is 10.2. The van der Waals surface area contributed by atoms with Gasteiger partial charge in [-0.1, -0.05) is 6.08 Å². The fraction of sp³-hybridized carbons (Fsp3) is 0.625. The van der Waals surface area contributed by atoms with E-state index in [1.165, 1.54) is 0 Å². The number of hydrogen-bond donors (Lipinski definition) is 2. The Morgan fingerprint density at radius 1 is 1.71 bits per heavy atom. The summed E-state index contributed by atoms with van der Waals surface area (Å²) in [5, 5.41) is 12.6. The SMILES string of the molecule is CC(CC(=O)O)NC1C=CS(=O)(=O)C1. The number of aliphatic carboxylic acids is 1. The molecular weight excluding hydrogens is 206 g/mol. The highest BCUT2D eigenvalue weighted by molar-refractivity contribution is 7.94. The minimum absolute atomic E-state index is 0.00954. The third-order valence-electron chi connectivity index (χ3n) is 1.91. The van der Waals surface area contributed by atoms with E-state index in [2.05, 4.69) is 5.32 Å². The van der Waals surface area contributed by atoms with Crippen molar-refractivity contribution in [3.63, 3.8) is 0 Å². The van der Waals surface area contributed by atoms with Crippen molar-refractivity contribution in [2.45, 2.75) is 25.4 Å². The maximum Gasteiger partial charge on any atom is 0.304 e. The third kappa shape index (κ3) is 3.47. The van der Waals surface area contributed by atoms with Gasteiger partial charge in [-0.25, -0.2) is 8.42 Å². The van der Waals surface area contributed by atoms with Crippen molar-refractivity contribution in [2.75, 3.05) is 5.75 Å². The van der Waals surface area contributed by atoms with E-state index >= 15 is 0 Å². The van der Waals surface area contributed by atoms with Crippen LogP contribution in [0.4, 0.5) is 0 Å². The van der Waals surface area contributed by atoms with E-state index < -0.39 is 15.8 Å². The Kier molecular flexibility index (Phi) is 3.28. The van der Waals surface area contributed by atoms with Crippen molar-refractivity contribution >= 4 is 15.8 Å². The molecule has 1 rings (SSSR count). The molecule has 0 saturated carbocycles. The average Bonchev–Trinajstić information content (AvgIpc) is 2.27. The van der Waals surface area contributed by atoms with E-state index in [-0.39, 0.29) is 24.3 Å². The zero-order valence-corrected chi connectivity index (χ0v) is 8.62. The van der Waals surface area contributed by atoms with Gasteiger partial charge in [0.1, 0.15) is 0 Å². The van der Waals surface area contributed by atoms with Crippen LogP contribution in [0.15, 0.2) is 11.5 Å². The lowest BCUT2D eigenvalue weighted by Crippen LogP contribution is -2.38. The molecule has 0 aliphatic carbocycles. The van der Waals surface area contributed by atoms with Gasteiger partial charge in [-0.05, 0) is 6.92 Å². The second-order valence-electron chi connectivity index (χ2n) is 3.43. The molecular formula is C8H13NO4S. The Bertz CT molecular complexity index is 346. The normalized spacial score (nSPS) is 26.2. The summed E-state index contributed by atoms with van der Waals surface area (Å²) >= 11 is 0. The summed E-state index contributed by atoms with van der Waals surface area (Å²) in [4.78, 5) is 10.3. The largest absolute Gasteiger partial charge is 0.481 e. The molecule has 2 unspecified atom stereocenters. The van der Waals surface area contributed by atoms with Crippen LogP contribution in [0.1, 0.15) is 13.3 Å². The monoisotopic (exact) mass is 219 g/mol. The van der Waals surface area contributed by atoms with E-state index in [4.69, 9.17) is 5.11 Å². The van der Waals surface area contributed by atoms with Crippen molar-refractivity contribution in [3.8, 4) is 0 Å². The van der Waals surface area contributed by atoms with Crippen LogP contribution >= 0.6 is 0 Å². The maximum absolute atomic E-state index is 11.0. The van der Waals surface area contributed by atoms with Crippen LogP contribution in [0.5, 0.6) is 0 Å². The summed E-state index contributed by atoms with van der Waals surface area (Å²) in [6.07, 6.45) is 1.54. The summed E-state index contributed by atoms with van der Waals surface area (Å²) < 4.78 is 22.0. The first-order valence-corrected chi connectivity index (χ1v) is 5.99. The Labute approximate surface area is 82.7 Å². The van der Waals surface area contributed by atoms with Gasteiger partial charge in [0.25, 0.3) is 0 Å². The molecule has 1 aliphatic rings. The maximum atomic E-state index is 11.0. The van der Waals surface area contributed by atoms with Gasteiger partial charge in [-0.15, -0.1) is 0 Å². The molecule has 0 aromatic carbocycles. The van der Waals surface area contributed by atoms with E-state index in [1.54, 1.807) is 13.0 Å². The first-order valence-electron chi connectivity index (χ1n) is 4.28. The Morgan fingerprint density at radius 3 is 2.79 bits per heavy atom. The number of hydrogen-bond acceptors (Lipinski definition) is 4. The van der Waals surface area contributed by atoms with Crippen LogP contribution in [0, 0.1) is 0 Å². The lowest BCUT2D eigenvalue weighted by molar-refractivity contribution is -0.137. The summed E-state index contributed by atoms with van der Waals surface area (Å²) in [6, 6.07) is -0.482. The standard InChI is InChI=1S/C8H13NO4S/c1-6(4-8(10)11)9-7-2-3-14(12,13)5-7/h2-3,6-7,9H,4-5H2,1H3,(H,10,11). The summed E-state index contributed by atoms with van der Waals surface area (Å²) in [5.41, 5.74) is 0. The molecule has 2 N–H and O–H groups in total. The van der Waals surface area contributed by atoms with E-state index in [9.17, 15) is 13.2 Å². The number of rotatable bonds is 4. The van der Waals surface area contributed by atoms with Crippen LogP contribution in [0.2, 0.25) is 0 Å². The number of carboxylic acid groups (broad SMARTS) is 1. The first kappa shape index (κ1) is 11.2. The van der Waals surface area contributed by atoms with E-state index in [0.717, 1.165) is 5.41 Å². The van der Waals surface area contributed by atoms with E-state index in [1.807, 2.05) is 0 Å². The lowest BCUT2D eigenvalue weighted by Gasteiger charge is -2.15. The molecule has 0 aromatic heterocycles. The average molecular weight is 219 g/mol. The van der Waals surface area contributed by atoms with Crippen molar-refractivity contribution in [1.82, 2.24) is 5.32 Å². The highest BCUT2D eigenvalue weighted by Crippen LogP contribution is 2.09. The molecule has 0 bridgehead atoms. The van der Waals surface area contributed by atoms with Crippen molar-refractivity contribution in [2.24, 2.45) is 0 Å². The summed E-state index contributed by atoms with van der Waals surface area (Å²) in [6.45, 7) is 1.72. The Morgan fingerprint density at radius 2 is 2.36 bits per heavy atom. The zero-order chi connectivity index (χ0) is 10.8. The molecule has 80 valence electrons. The highest BCUT2D eigenvalue weighted by Gasteiger charge is 2.23. The number of nitrogens with one attached hydrogen (secondary N) is 1. The molecule has 1 heterocycles. The van der Waals surface area contributed by atoms with Gasteiger partial charge in [-0.3, -0.25) is 4.79 Å². The fourth-order valence-electron chi connectivity index (χ4n) is 1.37. The van der Waals surface area contributed by atoms with Crippen LogP contribution < -0.4 is 5.32 Å². The fourth-order valence-corrected chi connectivity index (χ4v) is 2.61. The number of carbonyl (C=O) groups is 1. The molecule has 0 spiro atoms. The minimum Gasteiger partial charge on any atom is -0.481 e. The van der Waals surface area contributed by atoms with Gasteiger partial charge in [-0.2, -0.15) is 0 Å². The van der Waals surface area contributed by atoms with Crippen molar-refractivity contribution in [1.29, 1.82) is 0 Å². The molecule has 0 saturated heterocycles. The van der Waals surface area contributed by atoms with Crippen LogP contribution in [-0.4, -0.2) is 37.3 Å². The molecule has 2 atom stereocenters. The molecule has 14 heavy (non-hydrogen) atoms. The minimum atomic E-state index is -3.06. The van der Waals surface area contributed by atoms with Gasteiger partial charge in [0.2, 0.25) is 0 Å². The van der Waals surface area contributed by atoms with Gasteiger partial charge in [0.05, 0.1) is 12.2 Å². The molecule has 0 aromatic rings. The zero-order valence-electron chi connectivity index (χ0n) is 7.80. The second-order valence-corrected chi connectivity index (χ2v) is 5.36. The predicted octanol–water partition coefficient (Wildman–Crippen LogP) is -0.250. The Balaban J connectivity index is 2.41. The number of sulfone groups is 1. The molecule has 6 heteroatoms. The molecule has 0 fully saturated rings. The highest BCUT2D eigenvalue weighted by atomic mass is 32.2. The molecule has 5 nitrogen and oxygen atoms in total. The third-order valence-corrected chi connectivity index (χ3v) is 3.31. The quantitative estimate of drug-likeness (QED) is 0.681. The summed E-state index contributed by atoms with van der Waals surface area (Å²) in [5.74, 6) is -0.869. The number of carboxylic acids is 1. The first-order chi connectivity index (χ1) is 6.39. The topological polar surface area (TPSA) is 83.5 Å². The summed E-state index contributed by atoms with van der Waals surface area (Å²) in [7, 11) is -3.06. The predicted molar refractivity (Wildman–Crippen MR) is 51.6 cm³/mol. The molecule has 1 aliphatic heterocycles. The van der Waals surface area contributed by atoms with Gasteiger partial charge < -0.3 is 10.4 Å². The van der Waals surface area contributed by atoms with Gasteiger partial charge in [0.15, 0.2) is 9.84 Å². The molecule has 0 amide bonds. The van der Waals surface area contributed by atoms with Crippen LogP contribution in [0.25, 0.3) is 0 Å². The van der Waals surface area contributed by atoms with Gasteiger partial charge >= 0.3 is 5.97 Å². The van der Waals surface area contributed by atoms with Gasteiger partial charge in [0, 0.05) is 17.5 Å². The van der Waals surface area contributed by atoms with Crippen molar-refractivity contribution in [3.05, 3.63) is 11.5 Å². The van der Waals surface area contributed by atoms with Crippen LogP contribution in [-0.2, 0) is 14.6 Å². The van der Waals surface area contributed by atoms with Crippen LogP contribution in [0.3, 0.4) is 0 Å².